The van der Waals surface area contributed by atoms with Crippen LogP contribution in [0.25, 0.3) is 10.1 Å². The monoisotopic (exact) mass is 212 g/mol. The minimum Gasteiger partial charge on any atom is -0.392 e. The molecule has 0 bridgehead atoms. The van der Waals surface area contributed by atoms with E-state index in [1.54, 1.807) is 11.3 Å². The van der Waals surface area contributed by atoms with Crippen molar-refractivity contribution in [1.29, 1.82) is 0 Å². The summed E-state index contributed by atoms with van der Waals surface area (Å²) >= 11 is 7.74. The zero-order valence-electron chi connectivity index (χ0n) is 7.17. The Kier molecular flexibility index (Phi) is 2.28. The Morgan fingerprint density at radius 3 is 3.00 bits per heavy atom. The maximum absolute atomic E-state index is 9.18. The molecule has 1 N–H and O–H groups in total. The first-order valence-corrected chi connectivity index (χ1v) is 5.26. The van der Waals surface area contributed by atoms with Gasteiger partial charge >= 0.3 is 0 Å². The Morgan fingerprint density at radius 2 is 2.31 bits per heavy atom. The van der Waals surface area contributed by atoms with E-state index in [0.29, 0.717) is 5.02 Å². The van der Waals surface area contributed by atoms with Crippen LogP contribution in [-0.4, -0.2) is 5.11 Å². The predicted molar refractivity (Wildman–Crippen MR) is 57.5 cm³/mol. The van der Waals surface area contributed by atoms with Crippen molar-refractivity contribution in [3.05, 3.63) is 33.7 Å². The molecular weight excluding hydrogens is 204 g/mol. The molecule has 0 radical (unpaired) electrons. The van der Waals surface area contributed by atoms with Crippen molar-refractivity contribution in [2.24, 2.45) is 0 Å². The molecular formula is C10H9ClOS. The van der Waals surface area contributed by atoms with Gasteiger partial charge in [-0.2, -0.15) is 0 Å². The summed E-state index contributed by atoms with van der Waals surface area (Å²) in [6, 6.07) is 4.05. The van der Waals surface area contributed by atoms with E-state index in [2.05, 4.69) is 6.07 Å². The molecule has 0 aliphatic carbocycles. The smallest absolute Gasteiger partial charge is 0.0702 e. The lowest BCUT2D eigenvalue weighted by Gasteiger charge is -2.05. The summed E-state index contributed by atoms with van der Waals surface area (Å²) in [5, 5.41) is 13.0. The van der Waals surface area contributed by atoms with E-state index in [1.807, 2.05) is 18.4 Å². The molecule has 0 aliphatic heterocycles. The topological polar surface area (TPSA) is 20.2 Å². The van der Waals surface area contributed by atoms with Crippen LogP contribution in [0.2, 0.25) is 5.02 Å². The molecule has 0 unspecified atom stereocenters. The highest BCUT2D eigenvalue weighted by atomic mass is 35.5. The lowest BCUT2D eigenvalue weighted by molar-refractivity contribution is 0.283. The van der Waals surface area contributed by atoms with Crippen molar-refractivity contribution in [3.8, 4) is 0 Å². The molecule has 2 aromatic rings. The van der Waals surface area contributed by atoms with Crippen LogP contribution in [0.4, 0.5) is 0 Å². The van der Waals surface area contributed by atoms with Gasteiger partial charge < -0.3 is 5.11 Å². The highest BCUT2D eigenvalue weighted by molar-refractivity contribution is 7.17. The molecule has 3 heteroatoms. The number of aliphatic hydroxyl groups is 1. The molecule has 1 aromatic carbocycles. The normalized spacial score (nSPS) is 11.0. The summed E-state index contributed by atoms with van der Waals surface area (Å²) in [6.07, 6.45) is 0. The number of rotatable bonds is 1. The Bertz CT molecular complexity index is 447. The summed E-state index contributed by atoms with van der Waals surface area (Å²) in [5.74, 6) is 0. The van der Waals surface area contributed by atoms with Gasteiger partial charge in [0.15, 0.2) is 0 Å². The molecule has 0 atom stereocenters. The minimum absolute atomic E-state index is 0.00769. The summed E-state index contributed by atoms with van der Waals surface area (Å²) in [7, 11) is 0. The van der Waals surface area contributed by atoms with Crippen LogP contribution in [0.15, 0.2) is 17.5 Å². The maximum Gasteiger partial charge on any atom is 0.0702 e. The fourth-order valence-electron chi connectivity index (χ4n) is 1.45. The molecule has 68 valence electrons. The number of fused-ring (bicyclic) bond motifs is 1. The predicted octanol–water partition coefficient (Wildman–Crippen LogP) is 3.36. The van der Waals surface area contributed by atoms with E-state index in [0.717, 1.165) is 16.5 Å². The second-order valence-electron chi connectivity index (χ2n) is 2.98. The molecule has 1 nitrogen and oxygen atoms in total. The summed E-state index contributed by atoms with van der Waals surface area (Å²) < 4.78 is 1.19. The quantitative estimate of drug-likeness (QED) is 0.769. The van der Waals surface area contributed by atoms with Crippen LogP contribution in [0, 0.1) is 6.92 Å². The molecule has 0 amide bonds. The molecule has 0 fully saturated rings. The number of hydrogen-bond acceptors (Lipinski definition) is 2. The second kappa shape index (κ2) is 3.29. The number of aryl methyl sites for hydroxylation is 1. The van der Waals surface area contributed by atoms with Gasteiger partial charge in [-0.05, 0) is 35.4 Å². The fraction of sp³-hybridized carbons (Fsp3) is 0.200. The van der Waals surface area contributed by atoms with E-state index in [9.17, 15) is 5.11 Å². The molecule has 0 saturated heterocycles. The SMILES string of the molecule is Cc1cc2sccc2c(CO)c1Cl. The highest BCUT2D eigenvalue weighted by Gasteiger charge is 2.08. The van der Waals surface area contributed by atoms with E-state index >= 15 is 0 Å². The highest BCUT2D eigenvalue weighted by Crippen LogP contribution is 2.32. The van der Waals surface area contributed by atoms with Gasteiger partial charge in [-0.25, -0.2) is 0 Å². The number of hydrogen-bond donors (Lipinski definition) is 1. The van der Waals surface area contributed by atoms with Crippen LogP contribution in [0.1, 0.15) is 11.1 Å². The molecule has 0 aliphatic rings. The molecule has 0 saturated carbocycles. The molecule has 13 heavy (non-hydrogen) atoms. The number of halogens is 1. The largest absolute Gasteiger partial charge is 0.392 e. The lowest BCUT2D eigenvalue weighted by Crippen LogP contribution is -1.88. The first-order chi connectivity index (χ1) is 6.24. The van der Waals surface area contributed by atoms with E-state index in [1.165, 1.54) is 4.70 Å². The third kappa shape index (κ3) is 1.35. The van der Waals surface area contributed by atoms with Gasteiger partial charge in [0.25, 0.3) is 0 Å². The van der Waals surface area contributed by atoms with Gasteiger partial charge in [0.2, 0.25) is 0 Å². The standard InChI is InChI=1S/C10H9ClOS/c1-6-4-9-7(2-3-13-9)8(5-12)10(6)11/h2-4,12H,5H2,1H3. The summed E-state index contributed by atoms with van der Waals surface area (Å²) in [4.78, 5) is 0. The van der Waals surface area contributed by atoms with Crippen molar-refractivity contribution < 1.29 is 5.11 Å². The molecule has 1 heterocycles. The Balaban J connectivity index is 2.87. The second-order valence-corrected chi connectivity index (χ2v) is 4.30. The third-order valence-electron chi connectivity index (χ3n) is 2.14. The molecule has 0 spiro atoms. The Hall–Kier alpha value is -0.570. The van der Waals surface area contributed by atoms with Crippen molar-refractivity contribution in [2.75, 3.05) is 0 Å². The number of thiophene rings is 1. The number of aliphatic hydroxyl groups excluding tert-OH is 1. The average Bonchev–Trinajstić information content (AvgIpc) is 2.54. The van der Waals surface area contributed by atoms with Gasteiger partial charge in [0, 0.05) is 15.3 Å². The first-order valence-electron chi connectivity index (χ1n) is 4.00. The summed E-state index contributed by atoms with van der Waals surface area (Å²) in [6.45, 7) is 1.97. The van der Waals surface area contributed by atoms with Crippen molar-refractivity contribution in [2.45, 2.75) is 13.5 Å². The van der Waals surface area contributed by atoms with Crippen LogP contribution in [0.5, 0.6) is 0 Å². The fourth-order valence-corrected chi connectivity index (χ4v) is 2.58. The van der Waals surface area contributed by atoms with Crippen molar-refractivity contribution in [1.82, 2.24) is 0 Å². The average molecular weight is 213 g/mol. The van der Waals surface area contributed by atoms with Crippen LogP contribution < -0.4 is 0 Å². The van der Waals surface area contributed by atoms with Crippen molar-refractivity contribution in [3.63, 3.8) is 0 Å². The zero-order chi connectivity index (χ0) is 9.42. The molecule has 1 aromatic heterocycles. The zero-order valence-corrected chi connectivity index (χ0v) is 8.75. The Morgan fingerprint density at radius 1 is 1.54 bits per heavy atom. The van der Waals surface area contributed by atoms with Crippen molar-refractivity contribution >= 4 is 33.0 Å². The van der Waals surface area contributed by atoms with Crippen LogP contribution >= 0.6 is 22.9 Å². The molecule has 2 rings (SSSR count). The summed E-state index contributed by atoms with van der Waals surface area (Å²) in [5.41, 5.74) is 1.87. The van der Waals surface area contributed by atoms with Gasteiger partial charge in [-0.3, -0.25) is 0 Å². The lowest BCUT2D eigenvalue weighted by atomic mass is 10.1. The number of benzene rings is 1. The van der Waals surface area contributed by atoms with Gasteiger partial charge in [0.1, 0.15) is 0 Å². The third-order valence-corrected chi connectivity index (χ3v) is 3.53. The van der Waals surface area contributed by atoms with Crippen LogP contribution in [-0.2, 0) is 6.61 Å². The maximum atomic E-state index is 9.18. The van der Waals surface area contributed by atoms with Gasteiger partial charge in [-0.15, -0.1) is 11.3 Å². The van der Waals surface area contributed by atoms with Gasteiger partial charge in [-0.1, -0.05) is 11.6 Å². The minimum atomic E-state index is 0.00769. The van der Waals surface area contributed by atoms with E-state index in [-0.39, 0.29) is 6.61 Å². The van der Waals surface area contributed by atoms with Crippen LogP contribution in [0.3, 0.4) is 0 Å². The first kappa shape index (κ1) is 9.00. The van der Waals surface area contributed by atoms with E-state index in [4.69, 9.17) is 11.6 Å². The Labute approximate surface area is 85.6 Å². The van der Waals surface area contributed by atoms with Gasteiger partial charge in [0.05, 0.1) is 6.61 Å². The van der Waals surface area contributed by atoms with E-state index < -0.39 is 0 Å².